The molecular weight excluding hydrogens is 249 g/mol. The van der Waals surface area contributed by atoms with E-state index in [1.165, 1.54) is 18.1 Å². The van der Waals surface area contributed by atoms with Crippen LogP contribution in [-0.4, -0.2) is 6.54 Å². The zero-order valence-corrected chi connectivity index (χ0v) is 11.6. The molecule has 1 aliphatic carbocycles. The molecule has 1 nitrogen and oxygen atoms in total. The minimum absolute atomic E-state index is 0.172. The number of allylic oxidation sites excluding steroid dienone is 2. The normalized spacial score (nSPS) is 23.7. The Morgan fingerprint density at radius 2 is 2.22 bits per heavy atom. The predicted octanol–water partition coefficient (Wildman–Crippen LogP) is 4.88. The molecule has 98 valence electrons. The van der Waals surface area contributed by atoms with Gasteiger partial charge in [0.05, 0.1) is 5.02 Å². The Hall–Kier alpha value is -1.02. The number of hydrogen-bond acceptors (Lipinski definition) is 1. The molecule has 1 aliphatic rings. The van der Waals surface area contributed by atoms with Gasteiger partial charge in [0.2, 0.25) is 0 Å². The summed E-state index contributed by atoms with van der Waals surface area (Å²) in [6.45, 7) is 5.32. The smallest absolute Gasteiger partial charge is 0.143 e. The fraction of sp³-hybridized carbons (Fsp3) is 0.467. The molecule has 1 N–H and O–H groups in total. The summed E-state index contributed by atoms with van der Waals surface area (Å²) in [7, 11) is 0. The largest absolute Gasteiger partial charge is 0.385 e. The van der Waals surface area contributed by atoms with Gasteiger partial charge in [-0.3, -0.25) is 0 Å². The minimum atomic E-state index is -0.366. The number of benzene rings is 1. The van der Waals surface area contributed by atoms with E-state index >= 15 is 0 Å². The van der Waals surface area contributed by atoms with Crippen LogP contribution < -0.4 is 5.32 Å². The third kappa shape index (κ3) is 3.49. The van der Waals surface area contributed by atoms with Gasteiger partial charge in [-0.25, -0.2) is 4.39 Å². The fourth-order valence-electron chi connectivity index (χ4n) is 2.71. The zero-order valence-electron chi connectivity index (χ0n) is 10.8. The molecule has 0 spiro atoms. The van der Waals surface area contributed by atoms with E-state index in [0.717, 1.165) is 18.7 Å². The molecular formula is C15H19ClFN. The lowest BCUT2D eigenvalue weighted by atomic mass is 9.84. The molecule has 2 atom stereocenters. The van der Waals surface area contributed by atoms with Crippen molar-refractivity contribution in [1.82, 2.24) is 0 Å². The molecule has 0 radical (unpaired) electrons. The lowest BCUT2D eigenvalue weighted by molar-refractivity contribution is 0.421. The maximum atomic E-state index is 13.3. The highest BCUT2D eigenvalue weighted by Crippen LogP contribution is 2.28. The van der Waals surface area contributed by atoms with Crippen LogP contribution in [0.4, 0.5) is 10.1 Å². The molecule has 1 aromatic carbocycles. The first-order valence-corrected chi connectivity index (χ1v) is 6.78. The molecule has 1 aromatic rings. The molecule has 0 bridgehead atoms. The van der Waals surface area contributed by atoms with Crippen LogP contribution in [0, 0.1) is 17.7 Å². The minimum Gasteiger partial charge on any atom is -0.385 e. The van der Waals surface area contributed by atoms with Crippen LogP contribution in [0.3, 0.4) is 0 Å². The average molecular weight is 268 g/mol. The molecule has 3 heteroatoms. The quantitative estimate of drug-likeness (QED) is 0.770. The van der Waals surface area contributed by atoms with Crippen molar-refractivity contribution in [2.24, 2.45) is 11.8 Å². The van der Waals surface area contributed by atoms with Crippen LogP contribution >= 0.6 is 11.6 Å². The first-order valence-electron chi connectivity index (χ1n) is 6.41. The molecule has 0 saturated heterocycles. The molecule has 2 rings (SSSR count). The molecule has 0 saturated carbocycles. The summed E-state index contributed by atoms with van der Waals surface area (Å²) in [5.74, 6) is 0.908. The van der Waals surface area contributed by atoms with Crippen molar-refractivity contribution < 1.29 is 4.39 Å². The summed E-state index contributed by atoms with van der Waals surface area (Å²) in [6, 6.07) is 4.87. The number of hydrogen-bond donors (Lipinski definition) is 1. The fourth-order valence-corrected chi connectivity index (χ4v) is 2.83. The van der Waals surface area contributed by atoms with Crippen molar-refractivity contribution >= 4 is 17.3 Å². The van der Waals surface area contributed by atoms with Gasteiger partial charge in [-0.15, -0.1) is 0 Å². The maximum Gasteiger partial charge on any atom is 0.143 e. The van der Waals surface area contributed by atoms with Gasteiger partial charge in [0.1, 0.15) is 5.82 Å². The Labute approximate surface area is 113 Å². The Kier molecular flexibility index (Phi) is 4.28. The van der Waals surface area contributed by atoms with Gasteiger partial charge in [-0.1, -0.05) is 30.2 Å². The first kappa shape index (κ1) is 13.4. The zero-order chi connectivity index (χ0) is 13.1. The second-order valence-electron chi connectivity index (χ2n) is 5.31. The summed E-state index contributed by atoms with van der Waals surface area (Å²) in [6.07, 6.45) is 4.67. The van der Waals surface area contributed by atoms with E-state index in [9.17, 15) is 4.39 Å². The van der Waals surface area contributed by atoms with Gasteiger partial charge in [-0.2, -0.15) is 0 Å². The van der Waals surface area contributed by atoms with Crippen LogP contribution in [0.5, 0.6) is 0 Å². The second-order valence-corrected chi connectivity index (χ2v) is 5.71. The molecule has 0 aromatic heterocycles. The van der Waals surface area contributed by atoms with Crippen molar-refractivity contribution in [3.8, 4) is 0 Å². The van der Waals surface area contributed by atoms with E-state index in [4.69, 9.17) is 11.6 Å². The monoisotopic (exact) mass is 267 g/mol. The van der Waals surface area contributed by atoms with Crippen LogP contribution in [0.15, 0.2) is 29.8 Å². The summed E-state index contributed by atoms with van der Waals surface area (Å²) < 4.78 is 13.3. The standard InChI is InChI=1S/C15H19ClFN/c1-10-5-11(2)7-12(6-10)9-18-13-3-4-14(16)15(17)8-13/h3-5,8,10,12,18H,6-7,9H2,1-2H3. The SMILES string of the molecule is CC1=CC(C)CC(CNc2ccc(Cl)c(F)c2)C1. The Balaban J connectivity index is 1.92. The van der Waals surface area contributed by atoms with Crippen LogP contribution in [-0.2, 0) is 0 Å². The van der Waals surface area contributed by atoms with E-state index in [1.807, 2.05) is 6.07 Å². The van der Waals surface area contributed by atoms with Gasteiger partial charge in [-0.05, 0) is 49.8 Å². The average Bonchev–Trinajstić information content (AvgIpc) is 2.29. The maximum absolute atomic E-state index is 13.3. The topological polar surface area (TPSA) is 12.0 Å². The summed E-state index contributed by atoms with van der Waals surface area (Å²) >= 11 is 5.66. The van der Waals surface area contributed by atoms with E-state index < -0.39 is 0 Å². The highest BCUT2D eigenvalue weighted by atomic mass is 35.5. The third-order valence-corrected chi connectivity index (χ3v) is 3.71. The highest BCUT2D eigenvalue weighted by Gasteiger charge is 2.17. The van der Waals surface area contributed by atoms with Crippen molar-refractivity contribution in [2.75, 3.05) is 11.9 Å². The van der Waals surface area contributed by atoms with Gasteiger partial charge < -0.3 is 5.32 Å². The van der Waals surface area contributed by atoms with Crippen LogP contribution in [0.1, 0.15) is 26.7 Å². The van der Waals surface area contributed by atoms with E-state index in [2.05, 4.69) is 25.2 Å². The first-order chi connectivity index (χ1) is 8.54. The molecule has 0 aliphatic heterocycles. The predicted molar refractivity (Wildman–Crippen MR) is 75.5 cm³/mol. The molecule has 2 unspecified atom stereocenters. The van der Waals surface area contributed by atoms with Gasteiger partial charge in [0, 0.05) is 12.2 Å². The van der Waals surface area contributed by atoms with Crippen molar-refractivity contribution in [1.29, 1.82) is 0 Å². The summed E-state index contributed by atoms with van der Waals surface area (Å²) in [4.78, 5) is 0. The Morgan fingerprint density at radius 1 is 1.44 bits per heavy atom. The van der Waals surface area contributed by atoms with Crippen LogP contribution in [0.2, 0.25) is 5.02 Å². The van der Waals surface area contributed by atoms with E-state index in [1.54, 1.807) is 6.07 Å². The highest BCUT2D eigenvalue weighted by molar-refractivity contribution is 6.30. The van der Waals surface area contributed by atoms with Crippen molar-refractivity contribution in [2.45, 2.75) is 26.7 Å². The van der Waals surface area contributed by atoms with E-state index in [-0.39, 0.29) is 10.8 Å². The molecule has 18 heavy (non-hydrogen) atoms. The van der Waals surface area contributed by atoms with E-state index in [0.29, 0.717) is 11.8 Å². The Bertz CT molecular complexity index is 456. The molecule has 0 heterocycles. The lowest BCUT2D eigenvalue weighted by Crippen LogP contribution is -2.20. The molecule has 0 fully saturated rings. The summed E-state index contributed by atoms with van der Waals surface area (Å²) in [5.41, 5.74) is 2.26. The van der Waals surface area contributed by atoms with Crippen molar-refractivity contribution in [3.05, 3.63) is 40.7 Å². The number of halogens is 2. The van der Waals surface area contributed by atoms with Gasteiger partial charge in [0.25, 0.3) is 0 Å². The van der Waals surface area contributed by atoms with Crippen molar-refractivity contribution in [3.63, 3.8) is 0 Å². The van der Waals surface area contributed by atoms with Crippen LogP contribution in [0.25, 0.3) is 0 Å². The number of anilines is 1. The number of rotatable bonds is 3. The Morgan fingerprint density at radius 3 is 2.89 bits per heavy atom. The number of nitrogens with one attached hydrogen (secondary N) is 1. The third-order valence-electron chi connectivity index (χ3n) is 3.40. The summed E-state index contributed by atoms with van der Waals surface area (Å²) in [5, 5.41) is 3.47. The second kappa shape index (κ2) is 5.75. The van der Waals surface area contributed by atoms with Gasteiger partial charge >= 0.3 is 0 Å². The molecule has 0 amide bonds. The lowest BCUT2D eigenvalue weighted by Gasteiger charge is -2.26. The van der Waals surface area contributed by atoms with Gasteiger partial charge in [0.15, 0.2) is 0 Å².